The van der Waals surface area contributed by atoms with Gasteiger partial charge in [-0.2, -0.15) is 0 Å². The molecule has 0 bridgehead atoms. The van der Waals surface area contributed by atoms with Crippen molar-refractivity contribution in [1.29, 1.82) is 0 Å². The molecule has 0 aliphatic carbocycles. The van der Waals surface area contributed by atoms with Crippen LogP contribution in [0.3, 0.4) is 0 Å². The minimum atomic E-state index is -0.674. The average Bonchev–Trinajstić information content (AvgIpc) is 2.76. The topological polar surface area (TPSA) is 70.7 Å². The minimum absolute atomic E-state index is 0.133. The number of amides is 3. The van der Waals surface area contributed by atoms with Crippen LogP contribution in [-0.2, 0) is 0 Å². The van der Waals surface area contributed by atoms with Crippen LogP contribution in [0.2, 0.25) is 0 Å². The molecule has 1 aliphatic heterocycles. The Labute approximate surface area is 174 Å². The number of benzene rings is 2. The lowest BCUT2D eigenvalue weighted by molar-refractivity contribution is 0.0949. The molecule has 2 aromatic rings. The summed E-state index contributed by atoms with van der Waals surface area (Å²) in [5.41, 5.74) is 0.412. The van der Waals surface area contributed by atoms with E-state index in [1.807, 2.05) is 0 Å². The van der Waals surface area contributed by atoms with E-state index in [0.717, 1.165) is 37.5 Å². The molecule has 6 nitrogen and oxygen atoms in total. The first kappa shape index (κ1) is 21.5. The zero-order valence-corrected chi connectivity index (χ0v) is 16.8. The number of anilines is 1. The molecule has 2 N–H and O–H groups in total. The number of likely N-dealkylation sites (tertiary alicyclic amines) is 1. The standard InChI is InChI=1S/C22H25F2N3O3/c1-30-18-5-2-16(3-6-18)21(28)25-11-8-15-9-12-27(13-10-15)22(29)26-20-14-17(23)4-7-19(20)24/h2-7,14-15H,8-13H2,1H3,(H,25,28)(H,26,29). The quantitative estimate of drug-likeness (QED) is 0.745. The summed E-state index contributed by atoms with van der Waals surface area (Å²) in [6, 6.07) is 9.42. The molecule has 0 radical (unpaired) electrons. The second-order valence-corrected chi connectivity index (χ2v) is 7.26. The summed E-state index contributed by atoms with van der Waals surface area (Å²) in [7, 11) is 1.57. The highest BCUT2D eigenvalue weighted by molar-refractivity contribution is 5.94. The largest absolute Gasteiger partial charge is 0.497 e. The van der Waals surface area contributed by atoms with Gasteiger partial charge in [-0.15, -0.1) is 0 Å². The number of methoxy groups -OCH3 is 1. The highest BCUT2D eigenvalue weighted by Crippen LogP contribution is 2.22. The van der Waals surface area contributed by atoms with Gasteiger partial charge in [-0.3, -0.25) is 4.79 Å². The van der Waals surface area contributed by atoms with Crippen molar-refractivity contribution in [2.45, 2.75) is 19.3 Å². The summed E-state index contributed by atoms with van der Waals surface area (Å²) in [6.45, 7) is 1.61. The van der Waals surface area contributed by atoms with Gasteiger partial charge in [0.25, 0.3) is 5.91 Å². The smallest absolute Gasteiger partial charge is 0.321 e. The number of nitrogens with zero attached hydrogens (tertiary/aromatic N) is 1. The Bertz CT molecular complexity index is 882. The van der Waals surface area contributed by atoms with Crippen LogP contribution in [0.25, 0.3) is 0 Å². The Morgan fingerprint density at radius 2 is 1.80 bits per heavy atom. The van der Waals surface area contributed by atoms with Gasteiger partial charge in [-0.25, -0.2) is 13.6 Å². The molecule has 1 heterocycles. The molecule has 3 rings (SSSR count). The number of halogens is 2. The molecule has 30 heavy (non-hydrogen) atoms. The van der Waals surface area contributed by atoms with Gasteiger partial charge in [0.15, 0.2) is 0 Å². The first-order valence-corrected chi connectivity index (χ1v) is 9.89. The average molecular weight is 417 g/mol. The van der Waals surface area contributed by atoms with Gasteiger partial charge in [0.05, 0.1) is 12.8 Å². The van der Waals surface area contributed by atoms with Crippen LogP contribution in [0.1, 0.15) is 29.6 Å². The molecule has 0 saturated carbocycles. The van der Waals surface area contributed by atoms with Crippen LogP contribution in [0.15, 0.2) is 42.5 Å². The van der Waals surface area contributed by atoms with E-state index in [2.05, 4.69) is 10.6 Å². The second-order valence-electron chi connectivity index (χ2n) is 7.26. The molecule has 0 unspecified atom stereocenters. The van der Waals surface area contributed by atoms with E-state index in [0.29, 0.717) is 36.9 Å². The molecule has 0 aromatic heterocycles. The number of hydrogen-bond acceptors (Lipinski definition) is 3. The first-order valence-electron chi connectivity index (χ1n) is 9.89. The molecule has 1 saturated heterocycles. The van der Waals surface area contributed by atoms with E-state index in [4.69, 9.17) is 4.74 Å². The molecule has 3 amide bonds. The summed E-state index contributed by atoms with van der Waals surface area (Å²) >= 11 is 0. The highest BCUT2D eigenvalue weighted by Gasteiger charge is 2.23. The van der Waals surface area contributed by atoms with Crippen molar-refractivity contribution < 1.29 is 23.1 Å². The van der Waals surface area contributed by atoms with Gasteiger partial charge in [0.1, 0.15) is 17.4 Å². The SMILES string of the molecule is COc1ccc(C(=O)NCCC2CCN(C(=O)Nc3cc(F)ccc3F)CC2)cc1. The molecular weight excluding hydrogens is 392 g/mol. The number of carbonyl (C=O) groups is 2. The van der Waals surface area contributed by atoms with Crippen molar-refractivity contribution >= 4 is 17.6 Å². The molecule has 8 heteroatoms. The Kier molecular flexibility index (Phi) is 7.21. The Hall–Kier alpha value is -3.16. The number of piperidine rings is 1. The van der Waals surface area contributed by atoms with E-state index in [1.54, 1.807) is 36.3 Å². The molecule has 2 aromatic carbocycles. The van der Waals surface area contributed by atoms with E-state index < -0.39 is 17.7 Å². The fourth-order valence-corrected chi connectivity index (χ4v) is 3.45. The van der Waals surface area contributed by atoms with E-state index in [9.17, 15) is 18.4 Å². The predicted octanol–water partition coefficient (Wildman–Crippen LogP) is 4.04. The maximum Gasteiger partial charge on any atom is 0.321 e. The zero-order valence-electron chi connectivity index (χ0n) is 16.8. The van der Waals surface area contributed by atoms with Crippen molar-refractivity contribution in [3.8, 4) is 5.75 Å². The lowest BCUT2D eigenvalue weighted by Crippen LogP contribution is -2.41. The molecule has 160 valence electrons. The van der Waals surface area contributed by atoms with Crippen LogP contribution < -0.4 is 15.4 Å². The normalized spacial score (nSPS) is 14.3. The lowest BCUT2D eigenvalue weighted by atomic mass is 9.93. The maximum atomic E-state index is 13.7. The van der Waals surface area contributed by atoms with Gasteiger partial charge < -0.3 is 20.3 Å². The number of nitrogens with one attached hydrogen (secondary N) is 2. The van der Waals surface area contributed by atoms with Crippen LogP contribution >= 0.6 is 0 Å². The monoisotopic (exact) mass is 417 g/mol. The molecular formula is C22H25F2N3O3. The Morgan fingerprint density at radius 1 is 1.10 bits per heavy atom. The molecule has 1 fully saturated rings. The number of hydrogen-bond donors (Lipinski definition) is 2. The third-order valence-corrected chi connectivity index (χ3v) is 5.26. The van der Waals surface area contributed by atoms with Gasteiger partial charge in [0.2, 0.25) is 0 Å². The van der Waals surface area contributed by atoms with Gasteiger partial charge >= 0.3 is 6.03 Å². The first-order chi connectivity index (χ1) is 14.5. The van der Waals surface area contributed by atoms with Crippen molar-refractivity contribution in [3.63, 3.8) is 0 Å². The fraction of sp³-hybridized carbons (Fsp3) is 0.364. The zero-order chi connectivity index (χ0) is 21.5. The van der Waals surface area contributed by atoms with Gasteiger partial charge in [-0.05, 0) is 61.6 Å². The van der Waals surface area contributed by atoms with Crippen LogP contribution in [0, 0.1) is 17.6 Å². The third kappa shape index (κ3) is 5.68. The molecule has 0 spiro atoms. The van der Waals surface area contributed by atoms with Crippen molar-refractivity contribution in [1.82, 2.24) is 10.2 Å². The second kappa shape index (κ2) is 10.0. The van der Waals surface area contributed by atoms with Crippen molar-refractivity contribution in [3.05, 3.63) is 59.7 Å². The predicted molar refractivity (Wildman–Crippen MR) is 110 cm³/mol. The lowest BCUT2D eigenvalue weighted by Gasteiger charge is -2.32. The van der Waals surface area contributed by atoms with E-state index in [-0.39, 0.29) is 11.6 Å². The number of urea groups is 1. The minimum Gasteiger partial charge on any atom is -0.497 e. The number of rotatable bonds is 6. The van der Waals surface area contributed by atoms with Crippen LogP contribution in [0.4, 0.5) is 19.3 Å². The highest BCUT2D eigenvalue weighted by atomic mass is 19.1. The summed E-state index contributed by atoms with van der Waals surface area (Å²) < 4.78 is 32.0. The van der Waals surface area contributed by atoms with E-state index >= 15 is 0 Å². The number of ether oxygens (including phenoxy) is 1. The Balaban J connectivity index is 1.39. The van der Waals surface area contributed by atoms with E-state index in [1.165, 1.54) is 0 Å². The van der Waals surface area contributed by atoms with Crippen LogP contribution in [-0.4, -0.2) is 43.6 Å². The summed E-state index contributed by atoms with van der Waals surface area (Å²) in [5, 5.41) is 5.34. The van der Waals surface area contributed by atoms with Gasteiger partial charge in [-0.1, -0.05) is 0 Å². The molecule has 1 aliphatic rings. The fourth-order valence-electron chi connectivity index (χ4n) is 3.45. The summed E-state index contributed by atoms with van der Waals surface area (Å²) in [5.74, 6) is -0.334. The van der Waals surface area contributed by atoms with Crippen LogP contribution in [0.5, 0.6) is 5.75 Å². The summed E-state index contributed by atoms with van der Waals surface area (Å²) in [4.78, 5) is 26.1. The maximum absolute atomic E-state index is 13.7. The third-order valence-electron chi connectivity index (χ3n) is 5.26. The number of carbonyl (C=O) groups excluding carboxylic acids is 2. The summed E-state index contributed by atoms with van der Waals surface area (Å²) in [6.07, 6.45) is 2.39. The Morgan fingerprint density at radius 3 is 2.47 bits per heavy atom. The molecule has 0 atom stereocenters. The van der Waals surface area contributed by atoms with Crippen molar-refractivity contribution in [2.24, 2.45) is 5.92 Å². The van der Waals surface area contributed by atoms with Gasteiger partial charge in [0, 0.05) is 31.3 Å². The van der Waals surface area contributed by atoms with Crippen molar-refractivity contribution in [2.75, 3.05) is 32.1 Å².